The highest BCUT2D eigenvalue weighted by atomic mass is 19.2. The molecule has 1 heterocycles. The summed E-state index contributed by atoms with van der Waals surface area (Å²) in [5.41, 5.74) is 0.327. The number of nitrogens with one attached hydrogen (secondary N) is 1. The van der Waals surface area contributed by atoms with Gasteiger partial charge in [-0.25, -0.2) is 13.8 Å². The lowest BCUT2D eigenvalue weighted by Gasteiger charge is -2.17. The van der Waals surface area contributed by atoms with Crippen molar-refractivity contribution in [2.45, 2.75) is 39.4 Å². The molecule has 108 valence electrons. The van der Waals surface area contributed by atoms with Gasteiger partial charge < -0.3 is 9.88 Å². The molecule has 0 aliphatic heterocycles. The Labute approximate surface area is 117 Å². The number of benzene rings is 1. The topological polar surface area (TPSA) is 29.9 Å². The van der Waals surface area contributed by atoms with Crippen molar-refractivity contribution in [2.24, 2.45) is 0 Å². The fourth-order valence-electron chi connectivity index (χ4n) is 2.16. The Morgan fingerprint density at radius 3 is 2.70 bits per heavy atom. The van der Waals surface area contributed by atoms with Crippen molar-refractivity contribution in [2.75, 3.05) is 0 Å². The van der Waals surface area contributed by atoms with Gasteiger partial charge in [-0.15, -0.1) is 0 Å². The number of rotatable bonds is 5. The molecule has 1 N–H and O–H groups in total. The largest absolute Gasteiger partial charge is 0.331 e. The summed E-state index contributed by atoms with van der Waals surface area (Å²) in [5.74, 6) is -0.733. The fraction of sp³-hybridized carbons (Fsp3) is 0.400. The summed E-state index contributed by atoms with van der Waals surface area (Å²) in [4.78, 5) is 4.28. The third kappa shape index (κ3) is 3.04. The lowest BCUT2D eigenvalue weighted by atomic mass is 10.1. The van der Waals surface area contributed by atoms with Crippen LogP contribution in [0.3, 0.4) is 0 Å². The van der Waals surface area contributed by atoms with Crippen LogP contribution in [0.1, 0.15) is 44.2 Å². The summed E-state index contributed by atoms with van der Waals surface area (Å²) in [6, 6.07) is 4.25. The van der Waals surface area contributed by atoms with Crippen molar-refractivity contribution in [1.29, 1.82) is 0 Å². The van der Waals surface area contributed by atoms with E-state index in [2.05, 4.69) is 24.1 Å². The molecule has 0 fully saturated rings. The van der Waals surface area contributed by atoms with Gasteiger partial charge in [0.25, 0.3) is 0 Å². The molecule has 3 nitrogen and oxygen atoms in total. The van der Waals surface area contributed by atoms with E-state index in [4.69, 9.17) is 0 Å². The second kappa shape index (κ2) is 6.13. The van der Waals surface area contributed by atoms with Gasteiger partial charge in [0, 0.05) is 30.0 Å². The maximum Gasteiger partial charge on any atom is 0.163 e. The minimum atomic E-state index is -0.820. The van der Waals surface area contributed by atoms with Gasteiger partial charge in [0.05, 0.1) is 6.54 Å². The Balaban J connectivity index is 2.07. The first-order chi connectivity index (χ1) is 9.50. The second-order valence-electron chi connectivity index (χ2n) is 5.09. The summed E-state index contributed by atoms with van der Waals surface area (Å²) in [6.45, 7) is 6.45. The molecular formula is C15H19F2N3. The molecule has 0 aliphatic carbocycles. The first-order valence-corrected chi connectivity index (χ1v) is 6.69. The van der Waals surface area contributed by atoms with Gasteiger partial charge in [0.1, 0.15) is 5.82 Å². The van der Waals surface area contributed by atoms with Gasteiger partial charge in [0.15, 0.2) is 11.6 Å². The van der Waals surface area contributed by atoms with E-state index in [0.29, 0.717) is 18.2 Å². The SMILES string of the molecule is CC(C)n1ccnc1CN[C@@H](C)c1cccc(F)c1F. The van der Waals surface area contributed by atoms with Crippen LogP contribution < -0.4 is 5.32 Å². The summed E-state index contributed by atoms with van der Waals surface area (Å²) < 4.78 is 28.9. The average Bonchev–Trinajstić information content (AvgIpc) is 2.87. The number of nitrogens with zero attached hydrogens (tertiary/aromatic N) is 2. The predicted molar refractivity (Wildman–Crippen MR) is 74.2 cm³/mol. The van der Waals surface area contributed by atoms with E-state index >= 15 is 0 Å². The molecule has 5 heteroatoms. The lowest BCUT2D eigenvalue weighted by Crippen LogP contribution is -2.22. The Hall–Kier alpha value is -1.75. The Kier molecular flexibility index (Phi) is 4.49. The van der Waals surface area contributed by atoms with Gasteiger partial charge in [-0.3, -0.25) is 0 Å². The molecule has 0 spiro atoms. The van der Waals surface area contributed by atoms with E-state index in [1.54, 1.807) is 19.2 Å². The molecule has 0 aliphatic rings. The molecule has 20 heavy (non-hydrogen) atoms. The monoisotopic (exact) mass is 279 g/mol. The zero-order valence-electron chi connectivity index (χ0n) is 11.9. The maximum atomic E-state index is 13.7. The first kappa shape index (κ1) is 14.7. The van der Waals surface area contributed by atoms with Crippen LogP contribution in [0.4, 0.5) is 8.78 Å². The van der Waals surface area contributed by atoms with E-state index in [0.717, 1.165) is 11.9 Å². The molecular weight excluding hydrogens is 260 g/mol. The molecule has 0 bridgehead atoms. The quantitative estimate of drug-likeness (QED) is 0.906. The van der Waals surface area contributed by atoms with Crippen LogP contribution in [0.5, 0.6) is 0 Å². The fourth-order valence-corrected chi connectivity index (χ4v) is 2.16. The smallest absolute Gasteiger partial charge is 0.163 e. The van der Waals surface area contributed by atoms with E-state index < -0.39 is 11.6 Å². The normalized spacial score (nSPS) is 12.9. The highest BCUT2D eigenvalue weighted by Crippen LogP contribution is 2.19. The predicted octanol–water partition coefficient (Wildman–Crippen LogP) is 3.59. The van der Waals surface area contributed by atoms with Crippen LogP contribution in [-0.4, -0.2) is 9.55 Å². The molecule has 1 aromatic heterocycles. The second-order valence-corrected chi connectivity index (χ2v) is 5.09. The van der Waals surface area contributed by atoms with Crippen molar-refractivity contribution in [1.82, 2.24) is 14.9 Å². The number of hydrogen-bond donors (Lipinski definition) is 1. The maximum absolute atomic E-state index is 13.7. The molecule has 0 unspecified atom stereocenters. The van der Waals surface area contributed by atoms with Gasteiger partial charge in [-0.05, 0) is 26.8 Å². The third-order valence-electron chi connectivity index (χ3n) is 3.32. The van der Waals surface area contributed by atoms with Gasteiger partial charge in [0.2, 0.25) is 0 Å². The van der Waals surface area contributed by atoms with Crippen LogP contribution in [0.2, 0.25) is 0 Å². The van der Waals surface area contributed by atoms with Crippen molar-refractivity contribution in [3.63, 3.8) is 0 Å². The van der Waals surface area contributed by atoms with Crippen LogP contribution >= 0.6 is 0 Å². The number of imidazole rings is 1. The highest BCUT2D eigenvalue weighted by Gasteiger charge is 2.14. The minimum absolute atomic E-state index is 0.289. The van der Waals surface area contributed by atoms with Crippen molar-refractivity contribution in [3.8, 4) is 0 Å². The zero-order chi connectivity index (χ0) is 14.7. The van der Waals surface area contributed by atoms with Crippen molar-refractivity contribution in [3.05, 3.63) is 53.6 Å². The van der Waals surface area contributed by atoms with E-state index in [-0.39, 0.29) is 6.04 Å². The van der Waals surface area contributed by atoms with Crippen molar-refractivity contribution >= 4 is 0 Å². The Morgan fingerprint density at radius 2 is 2.00 bits per heavy atom. The van der Waals surface area contributed by atoms with E-state index in [9.17, 15) is 8.78 Å². The van der Waals surface area contributed by atoms with Crippen molar-refractivity contribution < 1.29 is 8.78 Å². The lowest BCUT2D eigenvalue weighted by molar-refractivity contribution is 0.463. The number of aromatic nitrogens is 2. The third-order valence-corrected chi connectivity index (χ3v) is 3.32. The Morgan fingerprint density at radius 1 is 1.25 bits per heavy atom. The molecule has 0 radical (unpaired) electrons. The van der Waals surface area contributed by atoms with E-state index in [1.165, 1.54) is 6.07 Å². The summed E-state index contributed by atoms with van der Waals surface area (Å²) in [5, 5.41) is 3.17. The van der Waals surface area contributed by atoms with Crippen LogP contribution in [-0.2, 0) is 6.54 Å². The minimum Gasteiger partial charge on any atom is -0.331 e. The summed E-state index contributed by atoms with van der Waals surface area (Å²) >= 11 is 0. The van der Waals surface area contributed by atoms with Gasteiger partial charge in [-0.1, -0.05) is 12.1 Å². The molecule has 0 amide bonds. The van der Waals surface area contributed by atoms with Crippen LogP contribution in [0.15, 0.2) is 30.6 Å². The van der Waals surface area contributed by atoms with Crippen LogP contribution in [0.25, 0.3) is 0 Å². The van der Waals surface area contributed by atoms with E-state index in [1.807, 2.05) is 10.8 Å². The highest BCUT2D eigenvalue weighted by molar-refractivity contribution is 5.22. The Bertz CT molecular complexity index is 578. The molecule has 0 saturated carbocycles. The molecule has 2 aromatic rings. The molecule has 1 atom stereocenters. The van der Waals surface area contributed by atoms with Gasteiger partial charge >= 0.3 is 0 Å². The molecule has 2 rings (SSSR count). The standard InChI is InChI=1S/C15H19F2N3/c1-10(2)20-8-7-18-14(20)9-19-11(3)12-5-4-6-13(16)15(12)17/h4-8,10-11,19H,9H2,1-3H3/t11-/m0/s1. The molecule has 1 aromatic carbocycles. The molecule has 0 saturated heterocycles. The average molecular weight is 279 g/mol. The summed E-state index contributed by atoms with van der Waals surface area (Å²) in [7, 11) is 0. The first-order valence-electron chi connectivity index (χ1n) is 6.69. The van der Waals surface area contributed by atoms with Crippen LogP contribution in [0, 0.1) is 11.6 Å². The zero-order valence-corrected chi connectivity index (χ0v) is 11.9. The summed E-state index contributed by atoms with van der Waals surface area (Å²) in [6.07, 6.45) is 3.65. The number of halogens is 2. The number of hydrogen-bond acceptors (Lipinski definition) is 2. The van der Waals surface area contributed by atoms with Gasteiger partial charge in [-0.2, -0.15) is 0 Å².